The molecule has 1 heterocycles. The highest BCUT2D eigenvalue weighted by atomic mass is 16.5. The van der Waals surface area contributed by atoms with Crippen LogP contribution in [0.5, 0.6) is 5.75 Å². The molecule has 0 radical (unpaired) electrons. The summed E-state index contributed by atoms with van der Waals surface area (Å²) in [7, 11) is 2.02. The molecule has 4 nitrogen and oxygen atoms in total. The second-order valence-corrected chi connectivity index (χ2v) is 4.79. The van der Waals surface area contributed by atoms with Crippen LogP contribution in [0.15, 0.2) is 36.7 Å². The van der Waals surface area contributed by atoms with Gasteiger partial charge in [-0.05, 0) is 37.6 Å². The van der Waals surface area contributed by atoms with Crippen LogP contribution >= 0.6 is 0 Å². The standard InChI is InChI=1S/C16H23N3O/c1-4-9-17-15(16-18-10-11-19(16)3)13-7-6-8-14(12-13)20-5-2/h6-8,10-12,15,17H,4-5,9H2,1-3H3. The summed E-state index contributed by atoms with van der Waals surface area (Å²) in [4.78, 5) is 4.48. The van der Waals surface area contributed by atoms with E-state index in [1.807, 2.05) is 38.5 Å². The SMILES string of the molecule is CCCNC(c1cccc(OCC)c1)c1nccn1C. The minimum absolute atomic E-state index is 0.0929. The lowest BCUT2D eigenvalue weighted by Gasteiger charge is -2.19. The molecule has 1 unspecified atom stereocenters. The van der Waals surface area contributed by atoms with E-state index in [-0.39, 0.29) is 6.04 Å². The number of hydrogen-bond donors (Lipinski definition) is 1. The summed E-state index contributed by atoms with van der Waals surface area (Å²) in [5, 5.41) is 3.56. The number of ether oxygens (including phenoxy) is 1. The molecule has 0 aliphatic heterocycles. The van der Waals surface area contributed by atoms with Crippen LogP contribution in [0.3, 0.4) is 0 Å². The van der Waals surface area contributed by atoms with E-state index >= 15 is 0 Å². The smallest absolute Gasteiger partial charge is 0.130 e. The minimum Gasteiger partial charge on any atom is -0.494 e. The van der Waals surface area contributed by atoms with E-state index in [9.17, 15) is 0 Å². The van der Waals surface area contributed by atoms with Crippen LogP contribution in [-0.4, -0.2) is 22.7 Å². The highest BCUT2D eigenvalue weighted by Gasteiger charge is 2.17. The maximum Gasteiger partial charge on any atom is 0.130 e. The van der Waals surface area contributed by atoms with Gasteiger partial charge in [0, 0.05) is 19.4 Å². The van der Waals surface area contributed by atoms with Gasteiger partial charge in [-0.3, -0.25) is 0 Å². The Labute approximate surface area is 120 Å². The van der Waals surface area contributed by atoms with Crippen LogP contribution in [0.25, 0.3) is 0 Å². The number of aromatic nitrogens is 2. The van der Waals surface area contributed by atoms with E-state index < -0.39 is 0 Å². The first-order valence-corrected chi connectivity index (χ1v) is 7.19. The number of nitrogens with one attached hydrogen (secondary N) is 1. The maximum atomic E-state index is 5.59. The second kappa shape index (κ2) is 7.10. The molecule has 4 heteroatoms. The first-order valence-electron chi connectivity index (χ1n) is 7.19. The lowest BCUT2D eigenvalue weighted by molar-refractivity contribution is 0.339. The Morgan fingerprint density at radius 3 is 2.85 bits per heavy atom. The molecule has 20 heavy (non-hydrogen) atoms. The van der Waals surface area contributed by atoms with Crippen LogP contribution in [0.1, 0.15) is 37.7 Å². The lowest BCUT2D eigenvalue weighted by Crippen LogP contribution is -2.25. The van der Waals surface area contributed by atoms with E-state index in [0.717, 1.165) is 24.5 Å². The molecule has 0 bridgehead atoms. The van der Waals surface area contributed by atoms with Crippen molar-refractivity contribution >= 4 is 0 Å². The summed E-state index contributed by atoms with van der Waals surface area (Å²) >= 11 is 0. The van der Waals surface area contributed by atoms with Crippen LogP contribution in [0.2, 0.25) is 0 Å². The molecule has 1 N–H and O–H groups in total. The molecule has 0 aliphatic rings. The Kier molecular flexibility index (Phi) is 5.18. The van der Waals surface area contributed by atoms with Gasteiger partial charge >= 0.3 is 0 Å². The molecule has 2 rings (SSSR count). The van der Waals surface area contributed by atoms with Gasteiger partial charge in [0.15, 0.2) is 0 Å². The lowest BCUT2D eigenvalue weighted by atomic mass is 10.1. The third-order valence-electron chi connectivity index (χ3n) is 3.22. The molecular formula is C16H23N3O. The van der Waals surface area contributed by atoms with Crippen molar-refractivity contribution in [1.82, 2.24) is 14.9 Å². The average molecular weight is 273 g/mol. The zero-order valence-corrected chi connectivity index (χ0v) is 12.5. The van der Waals surface area contributed by atoms with E-state index in [1.165, 1.54) is 5.56 Å². The summed E-state index contributed by atoms with van der Waals surface area (Å²) in [6.07, 6.45) is 4.90. The fourth-order valence-corrected chi connectivity index (χ4v) is 2.25. The van der Waals surface area contributed by atoms with E-state index in [0.29, 0.717) is 6.61 Å². The Balaban J connectivity index is 2.31. The maximum absolute atomic E-state index is 5.59. The number of hydrogen-bond acceptors (Lipinski definition) is 3. The quantitative estimate of drug-likeness (QED) is 0.843. The average Bonchev–Trinajstić information content (AvgIpc) is 2.87. The third kappa shape index (κ3) is 3.39. The summed E-state index contributed by atoms with van der Waals surface area (Å²) in [5.74, 6) is 1.93. The van der Waals surface area contributed by atoms with Crippen molar-refractivity contribution in [2.24, 2.45) is 7.05 Å². The summed E-state index contributed by atoms with van der Waals surface area (Å²) in [6, 6.07) is 8.32. The van der Waals surface area contributed by atoms with Gasteiger partial charge < -0.3 is 14.6 Å². The number of nitrogens with zero attached hydrogens (tertiary/aromatic N) is 2. The van der Waals surface area contributed by atoms with Crippen LogP contribution < -0.4 is 10.1 Å². The van der Waals surface area contributed by atoms with E-state index in [1.54, 1.807) is 0 Å². The number of aryl methyl sites for hydroxylation is 1. The first kappa shape index (κ1) is 14.6. The molecular weight excluding hydrogens is 250 g/mol. The molecule has 108 valence electrons. The van der Waals surface area contributed by atoms with Crippen molar-refractivity contribution in [3.05, 3.63) is 48.0 Å². The highest BCUT2D eigenvalue weighted by Crippen LogP contribution is 2.24. The van der Waals surface area contributed by atoms with Gasteiger partial charge in [0.2, 0.25) is 0 Å². The molecule has 1 aromatic heterocycles. The monoisotopic (exact) mass is 273 g/mol. The van der Waals surface area contributed by atoms with Crippen molar-refractivity contribution in [3.63, 3.8) is 0 Å². The Hall–Kier alpha value is -1.81. The predicted octanol–water partition coefficient (Wildman–Crippen LogP) is 2.91. The zero-order valence-electron chi connectivity index (χ0n) is 12.5. The Morgan fingerprint density at radius 1 is 1.35 bits per heavy atom. The van der Waals surface area contributed by atoms with E-state index in [4.69, 9.17) is 4.74 Å². The fourth-order valence-electron chi connectivity index (χ4n) is 2.25. The normalized spacial score (nSPS) is 12.3. The van der Waals surface area contributed by atoms with Gasteiger partial charge in [-0.25, -0.2) is 4.98 Å². The molecule has 0 fully saturated rings. The molecule has 1 aromatic carbocycles. The van der Waals surface area contributed by atoms with Crippen molar-refractivity contribution in [3.8, 4) is 5.75 Å². The second-order valence-electron chi connectivity index (χ2n) is 4.79. The summed E-state index contributed by atoms with van der Waals surface area (Å²) in [6.45, 7) is 5.80. The van der Waals surface area contributed by atoms with E-state index in [2.05, 4.69) is 33.9 Å². The zero-order chi connectivity index (χ0) is 14.4. The fraction of sp³-hybridized carbons (Fsp3) is 0.438. The first-order chi connectivity index (χ1) is 9.76. The molecule has 0 spiro atoms. The number of benzene rings is 1. The molecule has 2 aromatic rings. The van der Waals surface area contributed by atoms with Gasteiger partial charge in [0.25, 0.3) is 0 Å². The van der Waals surface area contributed by atoms with Gasteiger partial charge in [-0.2, -0.15) is 0 Å². The van der Waals surface area contributed by atoms with Crippen LogP contribution in [-0.2, 0) is 7.05 Å². The number of rotatable bonds is 7. The van der Waals surface area contributed by atoms with Crippen LogP contribution in [0.4, 0.5) is 0 Å². The van der Waals surface area contributed by atoms with Crippen molar-refractivity contribution in [2.45, 2.75) is 26.3 Å². The van der Waals surface area contributed by atoms with Crippen molar-refractivity contribution in [2.75, 3.05) is 13.2 Å². The van der Waals surface area contributed by atoms with Crippen molar-refractivity contribution < 1.29 is 4.74 Å². The van der Waals surface area contributed by atoms with Gasteiger partial charge in [0.1, 0.15) is 11.6 Å². The van der Waals surface area contributed by atoms with Crippen molar-refractivity contribution in [1.29, 1.82) is 0 Å². The predicted molar refractivity (Wildman–Crippen MR) is 81.0 cm³/mol. The molecule has 0 amide bonds. The molecule has 0 saturated carbocycles. The van der Waals surface area contributed by atoms with Crippen LogP contribution in [0, 0.1) is 0 Å². The minimum atomic E-state index is 0.0929. The van der Waals surface area contributed by atoms with Gasteiger partial charge in [0.05, 0.1) is 12.6 Å². The molecule has 0 aliphatic carbocycles. The molecule has 1 atom stereocenters. The Morgan fingerprint density at radius 2 is 2.20 bits per heavy atom. The number of imidazole rings is 1. The van der Waals surface area contributed by atoms with Gasteiger partial charge in [-0.1, -0.05) is 19.1 Å². The third-order valence-corrected chi connectivity index (χ3v) is 3.22. The molecule has 0 saturated heterocycles. The Bertz CT molecular complexity index is 536. The topological polar surface area (TPSA) is 39.1 Å². The summed E-state index contributed by atoms with van der Waals surface area (Å²) < 4.78 is 7.65. The highest BCUT2D eigenvalue weighted by molar-refractivity contribution is 5.33. The largest absolute Gasteiger partial charge is 0.494 e. The van der Waals surface area contributed by atoms with Gasteiger partial charge in [-0.15, -0.1) is 0 Å². The summed E-state index contributed by atoms with van der Waals surface area (Å²) in [5.41, 5.74) is 1.18.